The number of aliphatic carboxylic acids is 1. The van der Waals surface area contributed by atoms with Crippen molar-refractivity contribution in [1.29, 1.82) is 0 Å². The Bertz CT molecular complexity index is 1230. The van der Waals surface area contributed by atoms with E-state index in [2.05, 4.69) is 16.0 Å². The van der Waals surface area contributed by atoms with E-state index in [1.165, 1.54) is 33.5 Å². The van der Waals surface area contributed by atoms with Gasteiger partial charge < -0.3 is 44.7 Å². The molecular formula is C29H37N3O11. The van der Waals surface area contributed by atoms with E-state index < -0.39 is 48.4 Å². The van der Waals surface area contributed by atoms with Crippen molar-refractivity contribution in [3.8, 4) is 17.2 Å². The largest absolute Gasteiger partial charge is 0.493 e. The first-order chi connectivity index (χ1) is 20.6. The van der Waals surface area contributed by atoms with Crippen molar-refractivity contribution in [2.24, 2.45) is 0 Å². The number of hydrogen-bond donors (Lipinski definition) is 4. The normalized spacial score (nSPS) is 11.7. The molecular weight excluding hydrogens is 566 g/mol. The van der Waals surface area contributed by atoms with Crippen molar-refractivity contribution in [1.82, 2.24) is 16.0 Å². The summed E-state index contributed by atoms with van der Waals surface area (Å²) in [6, 6.07) is 9.41. The predicted molar refractivity (Wildman–Crippen MR) is 152 cm³/mol. The quantitative estimate of drug-likeness (QED) is 0.153. The van der Waals surface area contributed by atoms with E-state index in [-0.39, 0.29) is 55.2 Å². The van der Waals surface area contributed by atoms with Gasteiger partial charge >= 0.3 is 18.0 Å². The first-order valence-electron chi connectivity index (χ1n) is 13.3. The maximum Gasteiger partial charge on any atom is 0.407 e. The molecule has 0 spiro atoms. The van der Waals surface area contributed by atoms with Gasteiger partial charge in [0.25, 0.3) is 5.91 Å². The van der Waals surface area contributed by atoms with Crippen molar-refractivity contribution in [2.75, 3.05) is 35.0 Å². The van der Waals surface area contributed by atoms with Gasteiger partial charge in [0.05, 0.1) is 28.4 Å². The van der Waals surface area contributed by atoms with Gasteiger partial charge in [-0.25, -0.2) is 9.59 Å². The average Bonchev–Trinajstić information content (AvgIpc) is 3.02. The standard InChI is InChI=1S/C29H37N3O11/c1-39-22-15-19(16-23(40-2)25(22)41-3)26(35)31-20(12-13-24(33)34)27(36)32-21(28(37)42-4)11-8-14-30-29(38)43-17-18-9-6-5-7-10-18/h5-7,9-10,15-16,20-21H,8,11-14,17H2,1-4H3,(H,30,38)(H,31,35)(H,32,36)(H,33,34)/t20-,21+/m1/s1. The van der Waals surface area contributed by atoms with Gasteiger partial charge in [-0.1, -0.05) is 30.3 Å². The number of ether oxygens (including phenoxy) is 5. The Balaban J connectivity index is 2.04. The van der Waals surface area contributed by atoms with Crippen molar-refractivity contribution in [3.05, 3.63) is 53.6 Å². The third-order valence-corrected chi connectivity index (χ3v) is 6.15. The molecule has 0 aromatic heterocycles. The molecule has 0 unspecified atom stereocenters. The summed E-state index contributed by atoms with van der Waals surface area (Å²) in [6.45, 7) is 0.227. The molecule has 0 bridgehead atoms. The van der Waals surface area contributed by atoms with Crippen LogP contribution in [0.2, 0.25) is 0 Å². The Kier molecular flexibility index (Phi) is 14.1. The first-order valence-corrected chi connectivity index (χ1v) is 13.3. The van der Waals surface area contributed by atoms with Crippen LogP contribution in [0.4, 0.5) is 4.79 Å². The second kappa shape index (κ2) is 17.7. The van der Waals surface area contributed by atoms with Crippen LogP contribution >= 0.6 is 0 Å². The molecule has 2 rings (SSSR count). The number of hydrogen-bond acceptors (Lipinski definition) is 10. The Morgan fingerprint density at radius 3 is 2.05 bits per heavy atom. The molecule has 3 amide bonds. The van der Waals surface area contributed by atoms with Crippen LogP contribution in [0.25, 0.3) is 0 Å². The summed E-state index contributed by atoms with van der Waals surface area (Å²) >= 11 is 0. The van der Waals surface area contributed by atoms with Crippen LogP contribution in [0.5, 0.6) is 17.2 Å². The fraction of sp³-hybridized carbons (Fsp3) is 0.414. The maximum absolute atomic E-state index is 13.2. The van der Waals surface area contributed by atoms with Crippen molar-refractivity contribution in [3.63, 3.8) is 0 Å². The fourth-order valence-corrected chi connectivity index (χ4v) is 3.92. The van der Waals surface area contributed by atoms with Gasteiger partial charge in [0.2, 0.25) is 11.7 Å². The first kappa shape index (κ1) is 34.2. The topological polar surface area (TPSA) is 188 Å². The number of rotatable bonds is 17. The highest BCUT2D eigenvalue weighted by molar-refractivity contribution is 5.99. The second-order valence-electron chi connectivity index (χ2n) is 9.09. The monoisotopic (exact) mass is 603 g/mol. The summed E-state index contributed by atoms with van der Waals surface area (Å²) in [4.78, 5) is 61.9. The van der Waals surface area contributed by atoms with Crippen molar-refractivity contribution in [2.45, 2.75) is 44.4 Å². The Hall–Kier alpha value is -5.01. The van der Waals surface area contributed by atoms with Crippen LogP contribution in [0.3, 0.4) is 0 Å². The number of carbonyl (C=O) groups is 5. The molecule has 2 atom stereocenters. The molecule has 14 nitrogen and oxygen atoms in total. The molecule has 2 aromatic rings. The fourth-order valence-electron chi connectivity index (χ4n) is 3.92. The SMILES string of the molecule is COC(=O)[C@H](CCCNC(=O)OCc1ccccc1)NC(=O)[C@@H](CCC(=O)O)NC(=O)c1cc(OC)c(OC)c(OC)c1. The lowest BCUT2D eigenvalue weighted by Crippen LogP contribution is -2.52. The number of esters is 1. The van der Waals surface area contributed by atoms with E-state index in [4.69, 9.17) is 23.7 Å². The molecule has 0 aliphatic heterocycles. The minimum absolute atomic E-state index is 0.0531. The van der Waals surface area contributed by atoms with Crippen LogP contribution in [0.1, 0.15) is 41.6 Å². The number of nitrogens with one attached hydrogen (secondary N) is 3. The third-order valence-electron chi connectivity index (χ3n) is 6.15. The van der Waals surface area contributed by atoms with Gasteiger partial charge in [-0.15, -0.1) is 0 Å². The number of alkyl carbamates (subject to hydrolysis) is 1. The molecule has 0 aliphatic carbocycles. The van der Waals surface area contributed by atoms with E-state index in [1.54, 1.807) is 0 Å². The lowest BCUT2D eigenvalue weighted by Gasteiger charge is -2.22. The summed E-state index contributed by atoms with van der Waals surface area (Å²) in [5.74, 6) is -2.82. The summed E-state index contributed by atoms with van der Waals surface area (Å²) in [5, 5.41) is 16.8. The molecule has 234 valence electrons. The minimum atomic E-state index is -1.32. The van der Waals surface area contributed by atoms with Crippen molar-refractivity contribution >= 4 is 29.8 Å². The molecule has 14 heteroatoms. The Morgan fingerprint density at radius 1 is 0.837 bits per heavy atom. The van der Waals surface area contributed by atoms with Crippen LogP contribution in [-0.4, -0.2) is 82.0 Å². The van der Waals surface area contributed by atoms with Crippen LogP contribution < -0.4 is 30.2 Å². The summed E-state index contributed by atoms with van der Waals surface area (Å²) in [5.41, 5.74) is 0.873. The zero-order chi connectivity index (χ0) is 31.8. The minimum Gasteiger partial charge on any atom is -0.493 e. The van der Waals surface area contributed by atoms with Gasteiger partial charge in [0.1, 0.15) is 18.7 Å². The molecule has 43 heavy (non-hydrogen) atoms. The van der Waals surface area contributed by atoms with Crippen molar-refractivity contribution < 1.29 is 52.8 Å². The van der Waals surface area contributed by atoms with Crippen LogP contribution in [0, 0.1) is 0 Å². The second-order valence-corrected chi connectivity index (χ2v) is 9.09. The van der Waals surface area contributed by atoms with E-state index in [9.17, 15) is 29.1 Å². The summed E-state index contributed by atoms with van der Waals surface area (Å²) in [7, 11) is 5.29. The smallest absolute Gasteiger partial charge is 0.407 e. The molecule has 4 N–H and O–H groups in total. The highest BCUT2D eigenvalue weighted by atomic mass is 16.5. The molecule has 0 radical (unpaired) electrons. The molecule has 2 aromatic carbocycles. The number of carboxylic acid groups (broad SMARTS) is 1. The third kappa shape index (κ3) is 11.1. The van der Waals surface area contributed by atoms with Gasteiger partial charge in [-0.3, -0.25) is 14.4 Å². The van der Waals surface area contributed by atoms with E-state index >= 15 is 0 Å². The van der Waals surface area contributed by atoms with Gasteiger partial charge in [0.15, 0.2) is 11.5 Å². The number of amides is 3. The molecule has 0 saturated heterocycles. The van der Waals surface area contributed by atoms with Crippen LogP contribution in [-0.2, 0) is 30.5 Å². The lowest BCUT2D eigenvalue weighted by molar-refractivity contribution is -0.145. The van der Waals surface area contributed by atoms with Gasteiger partial charge in [-0.05, 0) is 37.0 Å². The predicted octanol–water partition coefficient (Wildman–Crippen LogP) is 2.04. The molecule has 0 heterocycles. The van der Waals surface area contributed by atoms with Gasteiger partial charge in [-0.2, -0.15) is 0 Å². The highest BCUT2D eigenvalue weighted by Gasteiger charge is 2.28. The Morgan fingerprint density at radius 2 is 1.49 bits per heavy atom. The molecule has 0 aliphatic rings. The van der Waals surface area contributed by atoms with E-state index in [1.807, 2.05) is 30.3 Å². The highest BCUT2D eigenvalue weighted by Crippen LogP contribution is 2.38. The zero-order valence-corrected chi connectivity index (χ0v) is 24.5. The van der Waals surface area contributed by atoms with E-state index in [0.717, 1.165) is 12.7 Å². The zero-order valence-electron chi connectivity index (χ0n) is 24.5. The maximum atomic E-state index is 13.2. The molecule has 0 fully saturated rings. The molecule has 0 saturated carbocycles. The lowest BCUT2D eigenvalue weighted by atomic mass is 10.1. The Labute approximate surface area is 249 Å². The number of methoxy groups -OCH3 is 4. The number of benzene rings is 2. The summed E-state index contributed by atoms with van der Waals surface area (Å²) in [6.07, 6.45) is -1.02. The van der Waals surface area contributed by atoms with Crippen LogP contribution in [0.15, 0.2) is 42.5 Å². The van der Waals surface area contributed by atoms with Gasteiger partial charge in [0, 0.05) is 18.5 Å². The summed E-state index contributed by atoms with van der Waals surface area (Å²) < 4.78 is 25.7. The number of carboxylic acids is 1. The average molecular weight is 604 g/mol. The number of carbonyl (C=O) groups excluding carboxylic acids is 4. The van der Waals surface area contributed by atoms with E-state index in [0.29, 0.717) is 0 Å².